The summed E-state index contributed by atoms with van der Waals surface area (Å²) >= 11 is 0. The molecule has 0 unspecified atom stereocenters. The van der Waals surface area contributed by atoms with Gasteiger partial charge in [-0.25, -0.2) is 0 Å². The van der Waals surface area contributed by atoms with Crippen molar-refractivity contribution in [2.45, 2.75) is 32.7 Å². The average Bonchev–Trinajstić information content (AvgIpc) is 3.16. The molecule has 0 saturated carbocycles. The van der Waals surface area contributed by atoms with Gasteiger partial charge < -0.3 is 25.5 Å². The first-order valence-corrected chi connectivity index (χ1v) is 12.6. The Kier molecular flexibility index (Phi) is 8.20. The van der Waals surface area contributed by atoms with Crippen molar-refractivity contribution >= 4 is 45.7 Å². The molecule has 10 nitrogen and oxygen atoms in total. The van der Waals surface area contributed by atoms with Crippen LogP contribution in [0.5, 0.6) is 0 Å². The minimum atomic E-state index is -1.03. The van der Waals surface area contributed by atoms with Crippen molar-refractivity contribution in [3.05, 3.63) is 66.0 Å². The number of hydrogen-bond donors (Lipinski definition) is 4. The number of pyridine rings is 1. The lowest BCUT2D eigenvalue weighted by atomic mass is 10.0. The number of amides is 1. The first-order chi connectivity index (χ1) is 18.2. The van der Waals surface area contributed by atoms with Crippen LogP contribution in [-0.2, 0) is 16.1 Å². The number of nitrogens with two attached hydrogens (primary N) is 1. The summed E-state index contributed by atoms with van der Waals surface area (Å²) in [6.45, 7) is 4.98. The predicted octanol–water partition coefficient (Wildman–Crippen LogP) is 3.43. The maximum Gasteiger partial charge on any atom is 0.303 e. The van der Waals surface area contributed by atoms with Gasteiger partial charge in [0.1, 0.15) is 5.84 Å². The van der Waals surface area contributed by atoms with Crippen LogP contribution < -0.4 is 15.5 Å². The van der Waals surface area contributed by atoms with E-state index in [0.717, 1.165) is 41.5 Å². The first-order valence-electron chi connectivity index (χ1n) is 12.6. The third kappa shape index (κ3) is 6.26. The van der Waals surface area contributed by atoms with Crippen molar-refractivity contribution < 1.29 is 14.7 Å². The van der Waals surface area contributed by atoms with Gasteiger partial charge in [0.25, 0.3) is 0 Å². The number of rotatable bonds is 8. The molecular weight excluding hydrogens is 482 g/mol. The van der Waals surface area contributed by atoms with Crippen LogP contribution in [-0.4, -0.2) is 64.7 Å². The van der Waals surface area contributed by atoms with Gasteiger partial charge in [-0.3, -0.25) is 25.4 Å². The largest absolute Gasteiger partial charge is 0.481 e. The highest BCUT2D eigenvalue weighted by Crippen LogP contribution is 2.32. The highest BCUT2D eigenvalue weighted by Gasteiger charge is 2.24. The first kappa shape index (κ1) is 26.6. The number of aromatic nitrogens is 1. The Morgan fingerprint density at radius 3 is 2.55 bits per heavy atom. The Balaban J connectivity index is 1.69. The van der Waals surface area contributed by atoms with Crippen LogP contribution in [0, 0.1) is 10.8 Å². The molecule has 0 spiro atoms. The van der Waals surface area contributed by atoms with Crippen LogP contribution in [0.3, 0.4) is 0 Å². The second-order valence-electron chi connectivity index (χ2n) is 9.46. The van der Waals surface area contributed by atoms with E-state index in [1.807, 2.05) is 41.3 Å². The maximum atomic E-state index is 13.4. The number of nitrogens with zero attached hydrogens (tertiary/aromatic N) is 4. The third-order valence-electron chi connectivity index (χ3n) is 6.79. The number of benzene rings is 2. The number of anilines is 2. The molecule has 198 valence electrons. The Labute approximate surface area is 221 Å². The zero-order chi connectivity index (χ0) is 27.2. The number of amidine groups is 2. The molecule has 0 bridgehead atoms. The van der Waals surface area contributed by atoms with Crippen molar-refractivity contribution in [3.63, 3.8) is 0 Å². The van der Waals surface area contributed by atoms with Crippen molar-refractivity contribution in [1.82, 2.24) is 9.88 Å². The zero-order valence-electron chi connectivity index (χ0n) is 21.5. The summed E-state index contributed by atoms with van der Waals surface area (Å²) in [5, 5.41) is 26.8. The van der Waals surface area contributed by atoms with E-state index in [0.29, 0.717) is 30.2 Å². The van der Waals surface area contributed by atoms with E-state index in [9.17, 15) is 14.7 Å². The molecular formula is C28H33N7O3. The lowest BCUT2D eigenvalue weighted by Crippen LogP contribution is -2.35. The summed E-state index contributed by atoms with van der Waals surface area (Å²) in [5.74, 6) is -0.804. The molecule has 3 aromatic rings. The van der Waals surface area contributed by atoms with Crippen LogP contribution in [0.4, 0.5) is 11.4 Å². The van der Waals surface area contributed by atoms with E-state index in [2.05, 4.69) is 9.88 Å². The molecule has 1 saturated heterocycles. The summed E-state index contributed by atoms with van der Waals surface area (Å²) in [4.78, 5) is 34.9. The van der Waals surface area contributed by atoms with Gasteiger partial charge in [0.05, 0.1) is 36.4 Å². The van der Waals surface area contributed by atoms with Crippen molar-refractivity contribution in [3.8, 4) is 0 Å². The SMILES string of the molecule is CC(=N)N1CCCN(c2ccncc2N(Cc2ccc3ccc(C(=N)N)cc3c2)C(=O)CCC(=O)O)CC1. The normalized spacial score (nSPS) is 13.7. The van der Waals surface area contributed by atoms with E-state index < -0.39 is 5.97 Å². The Morgan fingerprint density at radius 2 is 1.82 bits per heavy atom. The highest BCUT2D eigenvalue weighted by atomic mass is 16.4. The summed E-state index contributed by atoms with van der Waals surface area (Å²) in [7, 11) is 0. The number of carboxylic acid groups (broad SMARTS) is 1. The number of carboxylic acids is 1. The fraction of sp³-hybridized carbons (Fsp3) is 0.321. The zero-order valence-corrected chi connectivity index (χ0v) is 21.5. The molecule has 1 aliphatic rings. The molecule has 0 atom stereocenters. The van der Waals surface area contributed by atoms with Crippen LogP contribution >= 0.6 is 0 Å². The molecule has 2 heterocycles. The summed E-state index contributed by atoms with van der Waals surface area (Å²) in [5.41, 5.74) is 8.64. The molecule has 1 amide bonds. The summed E-state index contributed by atoms with van der Waals surface area (Å²) in [6, 6.07) is 13.3. The Bertz CT molecular complexity index is 1370. The van der Waals surface area contributed by atoms with E-state index in [1.54, 1.807) is 30.3 Å². The molecule has 0 aliphatic carbocycles. The van der Waals surface area contributed by atoms with Crippen LogP contribution in [0.15, 0.2) is 54.9 Å². The van der Waals surface area contributed by atoms with Crippen LogP contribution in [0.1, 0.15) is 37.3 Å². The van der Waals surface area contributed by atoms with E-state index in [4.69, 9.17) is 16.6 Å². The van der Waals surface area contributed by atoms with Gasteiger partial charge in [0, 0.05) is 44.4 Å². The van der Waals surface area contributed by atoms with E-state index in [1.165, 1.54) is 0 Å². The number of hydrogen-bond acceptors (Lipinski definition) is 6. The molecule has 1 fully saturated rings. The quantitative estimate of drug-likeness (QED) is 0.265. The van der Waals surface area contributed by atoms with Gasteiger partial charge in [-0.05, 0) is 47.9 Å². The Hall–Kier alpha value is -4.47. The van der Waals surface area contributed by atoms with Crippen molar-refractivity contribution in [1.29, 1.82) is 10.8 Å². The smallest absolute Gasteiger partial charge is 0.303 e. The topological polar surface area (TPSA) is 151 Å². The average molecular weight is 516 g/mol. The lowest BCUT2D eigenvalue weighted by molar-refractivity contribution is -0.138. The summed E-state index contributed by atoms with van der Waals surface area (Å²) in [6.07, 6.45) is 3.83. The molecule has 38 heavy (non-hydrogen) atoms. The molecule has 5 N–H and O–H groups in total. The molecule has 2 aromatic carbocycles. The van der Waals surface area contributed by atoms with Crippen molar-refractivity contribution in [2.24, 2.45) is 5.73 Å². The van der Waals surface area contributed by atoms with Gasteiger partial charge in [0.15, 0.2) is 0 Å². The minimum Gasteiger partial charge on any atom is -0.481 e. The molecule has 10 heteroatoms. The van der Waals surface area contributed by atoms with E-state index in [-0.39, 0.29) is 31.1 Å². The van der Waals surface area contributed by atoms with Crippen molar-refractivity contribution in [2.75, 3.05) is 36.0 Å². The molecule has 0 radical (unpaired) electrons. The number of carbonyl (C=O) groups excluding carboxylic acids is 1. The second kappa shape index (κ2) is 11.7. The molecule has 4 rings (SSSR count). The van der Waals surface area contributed by atoms with Crippen LogP contribution in [0.2, 0.25) is 0 Å². The van der Waals surface area contributed by atoms with Gasteiger partial charge in [0.2, 0.25) is 5.91 Å². The number of carbonyl (C=O) groups is 2. The number of aliphatic carboxylic acids is 1. The summed E-state index contributed by atoms with van der Waals surface area (Å²) < 4.78 is 0. The lowest BCUT2D eigenvalue weighted by Gasteiger charge is -2.31. The number of fused-ring (bicyclic) bond motifs is 1. The third-order valence-corrected chi connectivity index (χ3v) is 6.79. The second-order valence-corrected chi connectivity index (χ2v) is 9.46. The predicted molar refractivity (Wildman–Crippen MR) is 149 cm³/mol. The van der Waals surface area contributed by atoms with Gasteiger partial charge in [-0.15, -0.1) is 0 Å². The highest BCUT2D eigenvalue weighted by molar-refractivity contribution is 6.00. The van der Waals surface area contributed by atoms with E-state index >= 15 is 0 Å². The fourth-order valence-corrected chi connectivity index (χ4v) is 4.75. The van der Waals surface area contributed by atoms with Gasteiger partial charge >= 0.3 is 5.97 Å². The maximum absolute atomic E-state index is 13.4. The monoisotopic (exact) mass is 515 g/mol. The minimum absolute atomic E-state index is 0.0167. The molecule has 1 aromatic heterocycles. The van der Waals surface area contributed by atoms with Gasteiger partial charge in [-0.2, -0.15) is 0 Å². The number of nitrogens with one attached hydrogen (secondary N) is 2. The fourth-order valence-electron chi connectivity index (χ4n) is 4.75. The molecule has 1 aliphatic heterocycles. The standard InChI is InChI=1S/C28H33N7O3/c1-19(29)33-11-2-12-34(14-13-33)24-9-10-32-17-25(24)35(26(36)7-8-27(37)38)18-20-3-4-21-5-6-22(28(30)31)16-23(21)15-20/h3-6,9-10,15-17,29H,2,7-8,11-14,18H2,1H3,(H3,30,31)(H,37,38). The van der Waals surface area contributed by atoms with Crippen LogP contribution in [0.25, 0.3) is 10.8 Å². The number of nitrogen functional groups attached to an aromatic ring is 1. The van der Waals surface area contributed by atoms with Gasteiger partial charge in [-0.1, -0.05) is 24.3 Å². The Morgan fingerprint density at radius 1 is 1.03 bits per heavy atom.